The molecule has 238 valence electrons. The molecule has 11 aromatic rings. The van der Waals surface area contributed by atoms with Crippen molar-refractivity contribution < 1.29 is 30.2 Å². The van der Waals surface area contributed by atoms with Crippen LogP contribution >= 0.6 is 11.3 Å². The fourth-order valence-electron chi connectivity index (χ4n) is 6.58. The van der Waals surface area contributed by atoms with Gasteiger partial charge in [0.2, 0.25) is 0 Å². The third-order valence-corrected chi connectivity index (χ3v) is 9.90. The summed E-state index contributed by atoms with van der Waals surface area (Å²) in [6.07, 6.45) is 0. The highest BCUT2D eigenvalue weighted by atomic mass is 32.1. The van der Waals surface area contributed by atoms with Crippen LogP contribution in [0.3, 0.4) is 0 Å². The Bertz CT molecular complexity index is 4400. The van der Waals surface area contributed by atoms with Crippen molar-refractivity contribution in [2.75, 3.05) is 0 Å². The lowest BCUT2D eigenvalue weighted by Crippen LogP contribution is -1.95. The van der Waals surface area contributed by atoms with Crippen LogP contribution in [-0.2, 0) is 0 Å². The van der Waals surface area contributed by atoms with E-state index in [2.05, 4.69) is 0 Å². The molecule has 0 unspecified atom stereocenters. The summed E-state index contributed by atoms with van der Waals surface area (Å²) in [7, 11) is 0. The normalized spacial score (nSPS) is 18.0. The van der Waals surface area contributed by atoms with E-state index >= 15 is 0 Å². The lowest BCUT2D eigenvalue weighted by atomic mass is 10.0. The van der Waals surface area contributed by atoms with Gasteiger partial charge in [-0.05, 0) is 83.2 Å². The first-order valence-electron chi connectivity index (χ1n) is 26.6. The molecule has 11 rings (SSSR count). The molecule has 0 radical (unpaired) electrons. The van der Waals surface area contributed by atoms with Crippen molar-refractivity contribution in [2.45, 2.75) is 0 Å². The molecule has 3 heterocycles. The number of hydrogen-bond acceptors (Lipinski definition) is 1. The molecule has 0 atom stereocenters. The van der Waals surface area contributed by atoms with E-state index in [-0.39, 0.29) is 70.9 Å². The van der Waals surface area contributed by atoms with Crippen molar-refractivity contribution in [3.05, 3.63) is 181 Å². The maximum absolute atomic E-state index is 9.98. The first kappa shape index (κ1) is 14.4. The first-order valence-corrected chi connectivity index (χ1v) is 16.5. The molecule has 0 fully saturated rings. The highest BCUT2D eigenvalue weighted by Gasteiger charge is 2.19. The second kappa shape index (κ2) is 11.0. The molecule has 2 nitrogen and oxygen atoms in total. The summed E-state index contributed by atoms with van der Waals surface area (Å²) in [6.45, 7) is 0. The van der Waals surface area contributed by atoms with Gasteiger partial charge in [-0.2, -0.15) is 0 Å². The smallest absolute Gasteiger partial charge is 0.0652 e. The molecule has 0 aliphatic carbocycles. The Hall–Kier alpha value is -6.42. The van der Waals surface area contributed by atoms with E-state index in [0.717, 1.165) is 15.9 Å². The summed E-state index contributed by atoms with van der Waals surface area (Å²) in [5.41, 5.74) is -2.79. The van der Waals surface area contributed by atoms with Crippen LogP contribution in [0.2, 0.25) is 0 Å². The summed E-state index contributed by atoms with van der Waals surface area (Å²) >= 11 is 0.890. The molecule has 0 saturated carbocycles. The number of hydrogen-bond donors (Lipinski definition) is 0. The number of aromatic nitrogens is 2. The third-order valence-electron chi connectivity index (χ3n) is 8.78. The van der Waals surface area contributed by atoms with Crippen LogP contribution in [0, 0.1) is 0 Å². The molecule has 8 aromatic carbocycles. The predicted molar refractivity (Wildman–Crippen MR) is 219 cm³/mol. The summed E-state index contributed by atoms with van der Waals surface area (Å²) in [6, 6.07) is -1.77. The molecule has 0 saturated heterocycles. The predicted octanol–water partition coefficient (Wildman–Crippen LogP) is 13.6. The average Bonchev–Trinajstić information content (AvgIpc) is 4.05. The molecular weight excluding hydrogens is 637 g/mol. The Morgan fingerprint density at radius 3 is 1.69 bits per heavy atom. The maximum atomic E-state index is 9.98. The second-order valence-corrected chi connectivity index (χ2v) is 12.6. The van der Waals surface area contributed by atoms with Gasteiger partial charge in [-0.15, -0.1) is 11.3 Å². The van der Waals surface area contributed by atoms with E-state index in [4.69, 9.17) is 16.4 Å². The van der Waals surface area contributed by atoms with Gasteiger partial charge in [0.25, 0.3) is 0 Å². The van der Waals surface area contributed by atoms with Gasteiger partial charge in [0.1, 0.15) is 0 Å². The summed E-state index contributed by atoms with van der Waals surface area (Å²) in [5.74, 6) is 0. The highest BCUT2D eigenvalue weighted by molar-refractivity contribution is 7.26. The zero-order chi connectivity index (χ0) is 52.6. The van der Waals surface area contributed by atoms with Crippen LogP contribution < -0.4 is 0 Å². The van der Waals surface area contributed by atoms with Crippen LogP contribution in [0.5, 0.6) is 0 Å². The standard InChI is InChI=1S/C48H30N2S/c1-3-13-31(14-4-1)39-29-35(30-42-38-19-9-12-22-47(38)51-48(39)42)50-44-21-11-8-18-37(44)41-28-33(24-26-46(41)50)32-23-25-45-40(27-32)36-17-7-10-20-43(36)49(45)34-15-5-2-6-16-34/h1-30H/i1D,7D,8D,9D,10D,11D,12D,15D,17D,18D,19D,20D,21D,22D,23D,24D,25D,26D,27D,28D,29D,30D. The van der Waals surface area contributed by atoms with E-state index in [9.17, 15) is 13.7 Å². The monoisotopic (exact) mass is 688 g/mol. The van der Waals surface area contributed by atoms with E-state index in [1.807, 2.05) is 0 Å². The molecule has 0 N–H and O–H groups in total. The molecule has 0 aliphatic heterocycles. The van der Waals surface area contributed by atoms with Crippen molar-refractivity contribution in [3.8, 4) is 33.6 Å². The minimum atomic E-state index is -0.875. The largest absolute Gasteiger partial charge is 0.309 e. The van der Waals surface area contributed by atoms with Crippen molar-refractivity contribution in [1.29, 1.82) is 0 Å². The van der Waals surface area contributed by atoms with Crippen LogP contribution in [0.1, 0.15) is 30.2 Å². The Morgan fingerprint density at radius 1 is 0.392 bits per heavy atom. The molecule has 0 spiro atoms. The number of nitrogens with zero attached hydrogens (tertiary/aromatic N) is 2. The Morgan fingerprint density at radius 2 is 1.00 bits per heavy atom. The number of rotatable bonds is 4. The molecule has 0 aliphatic rings. The van der Waals surface area contributed by atoms with Gasteiger partial charge in [-0.25, -0.2) is 0 Å². The SMILES string of the molecule is [2H]c1ccc(-c2c([2H])c(-n3c4c([2H])c([2H])c([2H])c([2H])c4c4c([2H])c(-c5c([2H])c([2H])c6c(c5[2H])c5c([2H])c([2H])c([2H])c([2H])c5n6-c5ccccc5[2H])c([2H])c([2H])c43)c([2H])c3c2sc2c([2H])c([2H])c([2H])c([2H])c23)cc1. The van der Waals surface area contributed by atoms with Gasteiger partial charge in [-0.3, -0.25) is 0 Å². The summed E-state index contributed by atoms with van der Waals surface area (Å²) in [4.78, 5) is 0. The van der Waals surface area contributed by atoms with Gasteiger partial charge in [0, 0.05) is 58.7 Å². The fraction of sp³-hybridized carbons (Fsp3) is 0. The van der Waals surface area contributed by atoms with Gasteiger partial charge in [0.05, 0.1) is 52.2 Å². The number of benzene rings is 8. The third kappa shape index (κ3) is 4.29. The molecule has 0 bridgehead atoms. The van der Waals surface area contributed by atoms with Crippen LogP contribution in [0.25, 0.3) is 97.4 Å². The van der Waals surface area contributed by atoms with Crippen LogP contribution in [0.15, 0.2) is 181 Å². The average molecular weight is 689 g/mol. The van der Waals surface area contributed by atoms with E-state index in [1.165, 1.54) is 41.0 Å². The lowest BCUT2D eigenvalue weighted by Gasteiger charge is -2.13. The molecule has 3 heteroatoms. The lowest BCUT2D eigenvalue weighted by molar-refractivity contribution is 1.18. The topological polar surface area (TPSA) is 9.86 Å². The molecule has 51 heavy (non-hydrogen) atoms. The van der Waals surface area contributed by atoms with Crippen molar-refractivity contribution in [1.82, 2.24) is 9.13 Å². The number of fused-ring (bicyclic) bond motifs is 9. The van der Waals surface area contributed by atoms with Crippen molar-refractivity contribution in [3.63, 3.8) is 0 Å². The van der Waals surface area contributed by atoms with Gasteiger partial charge in [0.15, 0.2) is 0 Å². The van der Waals surface area contributed by atoms with Gasteiger partial charge >= 0.3 is 0 Å². The quantitative estimate of drug-likeness (QED) is 0.174. The van der Waals surface area contributed by atoms with Gasteiger partial charge in [-0.1, -0.05) is 115 Å². The molecular formula is C48H30N2S. The minimum Gasteiger partial charge on any atom is -0.309 e. The van der Waals surface area contributed by atoms with Crippen molar-refractivity contribution in [2.24, 2.45) is 0 Å². The van der Waals surface area contributed by atoms with E-state index in [1.54, 1.807) is 12.1 Å². The zero-order valence-electron chi connectivity index (χ0n) is 47.9. The Labute approximate surface area is 329 Å². The Balaban J connectivity index is 1.36. The fourth-order valence-corrected chi connectivity index (χ4v) is 7.66. The minimum absolute atomic E-state index is 0.0342. The van der Waals surface area contributed by atoms with E-state index in [0.29, 0.717) is 0 Å². The van der Waals surface area contributed by atoms with Crippen LogP contribution in [0.4, 0.5) is 0 Å². The summed E-state index contributed by atoms with van der Waals surface area (Å²) < 4.78 is 204. The Kier molecular flexibility index (Phi) is 3.13. The first-order chi connectivity index (χ1) is 34.5. The van der Waals surface area contributed by atoms with Crippen LogP contribution in [-0.4, -0.2) is 9.13 Å². The molecule has 3 aromatic heterocycles. The molecule has 0 amide bonds. The van der Waals surface area contributed by atoms with Crippen molar-refractivity contribution >= 4 is 75.1 Å². The zero-order valence-corrected chi connectivity index (χ0v) is 26.7. The summed E-state index contributed by atoms with van der Waals surface area (Å²) in [5, 5.41) is -1.65. The van der Waals surface area contributed by atoms with E-state index < -0.39 is 159 Å². The second-order valence-electron chi connectivity index (χ2n) is 11.6. The number of thiophene rings is 1. The van der Waals surface area contributed by atoms with Gasteiger partial charge < -0.3 is 9.13 Å². The maximum Gasteiger partial charge on any atom is 0.0652 e. The number of para-hydroxylation sites is 3. The highest BCUT2D eigenvalue weighted by Crippen LogP contribution is 2.44.